The molecule has 0 heterocycles. The van der Waals surface area contributed by atoms with Crippen LogP contribution in [0.5, 0.6) is 0 Å². The van der Waals surface area contributed by atoms with Crippen molar-refractivity contribution in [2.45, 2.75) is 0 Å². The van der Waals surface area contributed by atoms with Crippen molar-refractivity contribution < 1.29 is 13.0 Å². The van der Waals surface area contributed by atoms with Gasteiger partial charge in [-0.05, 0) is 80.8 Å². The first kappa shape index (κ1) is 32.4. The third-order valence-corrected chi connectivity index (χ3v) is 9.14. The third-order valence-electron chi connectivity index (χ3n) is 7.31. The molecule has 221 valence electrons. The summed E-state index contributed by atoms with van der Waals surface area (Å²) < 4.78 is 3.23. The molecule has 0 saturated heterocycles. The van der Waals surface area contributed by atoms with Crippen LogP contribution in [0.4, 0.5) is 0 Å². The predicted octanol–water partition coefficient (Wildman–Crippen LogP) is 10.6. The molecule has 0 aromatic heterocycles. The van der Waals surface area contributed by atoms with E-state index >= 15 is 0 Å². The number of hydrogen-bond acceptors (Lipinski definition) is 4. The third kappa shape index (κ3) is 5.77. The molecule has 0 bridgehead atoms. The average Bonchev–Trinajstić information content (AvgIpc) is 2.96. The van der Waals surface area contributed by atoms with Crippen LogP contribution in [-0.4, -0.2) is 0 Å². The van der Waals surface area contributed by atoms with Crippen LogP contribution < -0.4 is 21.7 Å². The average molecular weight is 987 g/mol. The monoisotopic (exact) mass is 983 g/mol. The Bertz CT molecular complexity index is 2250. The van der Waals surface area contributed by atoms with Gasteiger partial charge in [0.05, 0.1) is 0 Å². The normalized spacial score (nSPS) is 11.8. The molecule has 0 spiro atoms. The Labute approximate surface area is 299 Å². The second kappa shape index (κ2) is 12.6. The molecule has 6 aromatic carbocycles. The molecule has 0 saturated carbocycles. The summed E-state index contributed by atoms with van der Waals surface area (Å²) in [6.45, 7) is 0. The molecule has 8 rings (SSSR count). The van der Waals surface area contributed by atoms with E-state index < -0.39 is 34.7 Å². The van der Waals surface area contributed by atoms with Gasteiger partial charge in [0.25, 0.3) is 0 Å². The van der Waals surface area contributed by atoms with Gasteiger partial charge in [-0.3, -0.25) is 19.2 Å². The molecule has 44 heavy (non-hydrogen) atoms. The molecule has 2 aliphatic rings. The molecule has 2 aliphatic carbocycles. The number of hydrogen-bond donors (Lipinski definition) is 0. The van der Waals surface area contributed by atoms with Crippen molar-refractivity contribution in [3.63, 3.8) is 0 Å². The van der Waals surface area contributed by atoms with E-state index in [1.165, 1.54) is 56.6 Å². The fourth-order valence-electron chi connectivity index (χ4n) is 5.72. The minimum absolute atomic E-state index is 0.159. The molecule has 0 fully saturated rings. The van der Waals surface area contributed by atoms with Crippen LogP contribution in [0.2, 0.25) is 0 Å². The standard InChI is InChI=1S/C16H4Br2O4.C16H8Br2.3ClH.Ru/c17-5-1-7-11-8(2-5)15(21)16(22)10-4-6(18)3-9(12(10)11)14(20)13(7)19;17-13-5-9-1-2-10-6-14(18)8-12-4-3-11(7-13)15(9)16(10)12;;;;/h1-4H;1-8H;3*1H;/q;;;;;+3/p-3. The Morgan fingerprint density at radius 2 is 0.614 bits per heavy atom. The van der Waals surface area contributed by atoms with Crippen LogP contribution >= 0.6 is 92.8 Å². The van der Waals surface area contributed by atoms with E-state index in [0.29, 0.717) is 20.1 Å². The first-order valence-electron chi connectivity index (χ1n) is 12.4. The van der Waals surface area contributed by atoms with Crippen LogP contribution in [0.1, 0.15) is 0 Å². The maximum atomic E-state index is 12.3. The Hall–Kier alpha value is -1.55. The topological polar surface area (TPSA) is 68.3 Å². The molecule has 4 nitrogen and oxygen atoms in total. The van der Waals surface area contributed by atoms with Crippen molar-refractivity contribution in [3.05, 3.63) is 132 Å². The molecule has 0 atom stereocenters. The Morgan fingerprint density at radius 1 is 0.409 bits per heavy atom. The van der Waals surface area contributed by atoms with Crippen molar-refractivity contribution in [3.8, 4) is 11.1 Å². The van der Waals surface area contributed by atoms with Gasteiger partial charge >= 0.3 is 42.1 Å². The quantitative estimate of drug-likeness (QED) is 0.0863. The van der Waals surface area contributed by atoms with Crippen LogP contribution in [0.3, 0.4) is 0 Å². The summed E-state index contributed by atoms with van der Waals surface area (Å²) in [5, 5.41) is 8.52. The van der Waals surface area contributed by atoms with Crippen molar-refractivity contribution in [1.29, 1.82) is 0 Å². The van der Waals surface area contributed by atoms with E-state index in [4.69, 9.17) is 29.1 Å². The zero-order valence-corrected chi connectivity index (χ0v) is 31.9. The summed E-state index contributed by atoms with van der Waals surface area (Å²) in [5.74, 6) is 0. The minimum atomic E-state index is -1.75. The van der Waals surface area contributed by atoms with Gasteiger partial charge in [-0.25, -0.2) is 0 Å². The van der Waals surface area contributed by atoms with Crippen molar-refractivity contribution in [2.75, 3.05) is 0 Å². The molecular weight excluding hydrogens is 975 g/mol. The summed E-state index contributed by atoms with van der Waals surface area (Å²) in [7, 11) is 14.8. The molecule has 0 radical (unpaired) electrons. The molecule has 0 N–H and O–H groups in total. The van der Waals surface area contributed by atoms with Gasteiger partial charge in [-0.2, -0.15) is 0 Å². The first-order valence-corrected chi connectivity index (χ1v) is 22.3. The number of benzene rings is 8. The van der Waals surface area contributed by atoms with Gasteiger partial charge in [-0.15, -0.1) is 0 Å². The fraction of sp³-hybridized carbons (Fsp3) is 0. The van der Waals surface area contributed by atoms with Gasteiger partial charge in [0, 0.05) is 50.6 Å². The summed E-state index contributed by atoms with van der Waals surface area (Å²) in [5.41, 5.74) is -1.91. The summed E-state index contributed by atoms with van der Waals surface area (Å²) in [4.78, 5) is 49.3. The van der Waals surface area contributed by atoms with Crippen molar-refractivity contribution in [2.24, 2.45) is 0 Å². The summed E-state index contributed by atoms with van der Waals surface area (Å²) >= 11 is 11.8. The van der Waals surface area contributed by atoms with E-state index in [2.05, 4.69) is 112 Å². The van der Waals surface area contributed by atoms with Crippen LogP contribution in [-0.2, 0) is 13.0 Å². The van der Waals surface area contributed by atoms with Gasteiger partial charge < -0.3 is 0 Å². The van der Waals surface area contributed by atoms with E-state index in [0.717, 1.165) is 8.95 Å². The molecule has 0 amide bonds. The van der Waals surface area contributed by atoms with Gasteiger partial charge in [0.15, 0.2) is 0 Å². The van der Waals surface area contributed by atoms with E-state index in [-0.39, 0.29) is 21.5 Å². The fourth-order valence-corrected chi connectivity index (χ4v) is 7.62. The second-order valence-electron chi connectivity index (χ2n) is 9.80. The van der Waals surface area contributed by atoms with Crippen molar-refractivity contribution >= 4 is 147 Å². The Kier molecular flexibility index (Phi) is 9.26. The predicted molar refractivity (Wildman–Crippen MR) is 195 cm³/mol. The molecule has 12 heteroatoms. The van der Waals surface area contributed by atoms with Gasteiger partial charge in [0.1, 0.15) is 0 Å². The molecule has 0 unspecified atom stereocenters. The van der Waals surface area contributed by atoms with Crippen molar-refractivity contribution in [1.82, 2.24) is 0 Å². The van der Waals surface area contributed by atoms with Crippen LogP contribution in [0, 0.1) is 0 Å². The van der Waals surface area contributed by atoms with Crippen LogP contribution in [0.25, 0.3) is 65.0 Å². The second-order valence-corrected chi connectivity index (χ2v) is 21.4. The maximum absolute atomic E-state index is 12.3. The van der Waals surface area contributed by atoms with E-state index in [1.54, 1.807) is 0 Å². The first-order chi connectivity index (χ1) is 20.8. The Morgan fingerprint density at radius 3 is 0.841 bits per heavy atom. The van der Waals surface area contributed by atoms with Gasteiger partial charge in [0.2, 0.25) is 21.7 Å². The van der Waals surface area contributed by atoms with Gasteiger partial charge in [-0.1, -0.05) is 88.0 Å². The SMILES string of the molecule is Brc1cc2ccc3cc(Br)cc4ccc(c1)c2c34.O=c1c(=O)c2cc(Br)cc3c2-c2c1cc(Br)cc2c(=O)c3=O.[Cl][Ru]([Cl])[Cl]. The van der Waals surface area contributed by atoms with E-state index in [9.17, 15) is 19.2 Å². The molecule has 0 aliphatic heterocycles. The zero-order chi connectivity index (χ0) is 31.6. The number of rotatable bonds is 0. The zero-order valence-electron chi connectivity index (χ0n) is 21.6. The number of halogens is 7. The molecule has 6 aromatic rings. The van der Waals surface area contributed by atoms with Crippen LogP contribution in [0.15, 0.2) is 110 Å². The van der Waals surface area contributed by atoms with E-state index in [1.807, 2.05) is 0 Å². The summed E-state index contributed by atoms with van der Waals surface area (Å²) in [6, 6.07) is 23.6. The molecular formula is C32H12Br4Cl3O4Ru. The summed E-state index contributed by atoms with van der Waals surface area (Å²) in [6.07, 6.45) is 0. The Balaban J connectivity index is 0.000000141.